The molecule has 2 heteroatoms. The highest BCUT2D eigenvalue weighted by Crippen LogP contribution is 2.45. The number of hydrogen-bond donors (Lipinski definition) is 0. The molecule has 2 nitrogen and oxygen atoms in total. The van der Waals surface area contributed by atoms with E-state index >= 15 is 0 Å². The summed E-state index contributed by atoms with van der Waals surface area (Å²) in [6.45, 7) is 0.624. The zero-order valence-electron chi connectivity index (χ0n) is 12.9. The molecule has 0 bridgehead atoms. The molecule has 0 N–H and O–H groups in total. The maximum Gasteiger partial charge on any atom is 0.120 e. The van der Waals surface area contributed by atoms with Crippen LogP contribution in [0.3, 0.4) is 0 Å². The fraction of sp³-hybridized carbons (Fsp3) is 0.368. The van der Waals surface area contributed by atoms with Gasteiger partial charge in [-0.1, -0.05) is 42.5 Å². The van der Waals surface area contributed by atoms with Crippen LogP contribution in [0.25, 0.3) is 0 Å². The fourth-order valence-corrected chi connectivity index (χ4v) is 3.12. The Labute approximate surface area is 127 Å². The van der Waals surface area contributed by atoms with Crippen LogP contribution in [0.4, 0.5) is 0 Å². The normalized spacial score (nSPS) is 16.5. The van der Waals surface area contributed by atoms with Crippen molar-refractivity contribution in [3.8, 4) is 5.75 Å². The number of ether oxygens (including phenoxy) is 1. The summed E-state index contributed by atoms with van der Waals surface area (Å²) in [4.78, 5) is 2.35. The van der Waals surface area contributed by atoms with Crippen molar-refractivity contribution in [2.75, 3.05) is 14.1 Å². The molecule has 1 aliphatic carbocycles. The molecule has 0 saturated heterocycles. The minimum Gasteiger partial charge on any atom is -0.489 e. The molecule has 0 unspecified atom stereocenters. The molecule has 0 aliphatic heterocycles. The minimum atomic E-state index is 0.214. The zero-order chi connectivity index (χ0) is 14.7. The minimum absolute atomic E-state index is 0.214. The van der Waals surface area contributed by atoms with Crippen molar-refractivity contribution < 1.29 is 4.74 Å². The largest absolute Gasteiger partial charge is 0.489 e. The molecule has 0 radical (unpaired) electrons. The van der Waals surface area contributed by atoms with Crippen molar-refractivity contribution in [1.29, 1.82) is 0 Å². The molecular formula is C19H23NO. The van der Waals surface area contributed by atoms with Crippen molar-refractivity contribution in [1.82, 2.24) is 4.90 Å². The van der Waals surface area contributed by atoms with Crippen LogP contribution in [0.2, 0.25) is 0 Å². The van der Waals surface area contributed by atoms with Crippen molar-refractivity contribution in [2.24, 2.45) is 0 Å². The van der Waals surface area contributed by atoms with Gasteiger partial charge in [-0.2, -0.15) is 0 Å². The van der Waals surface area contributed by atoms with Gasteiger partial charge in [0.1, 0.15) is 12.4 Å². The van der Waals surface area contributed by atoms with E-state index < -0.39 is 0 Å². The second-order valence-corrected chi connectivity index (χ2v) is 6.08. The number of hydrogen-bond acceptors (Lipinski definition) is 2. The fourth-order valence-electron chi connectivity index (χ4n) is 3.12. The predicted molar refractivity (Wildman–Crippen MR) is 86.4 cm³/mol. The van der Waals surface area contributed by atoms with E-state index in [0.29, 0.717) is 6.61 Å². The maximum absolute atomic E-state index is 5.96. The highest BCUT2D eigenvalue weighted by Gasteiger charge is 2.40. The summed E-state index contributed by atoms with van der Waals surface area (Å²) < 4.78 is 5.96. The van der Waals surface area contributed by atoms with E-state index in [1.54, 1.807) is 0 Å². The van der Waals surface area contributed by atoms with Gasteiger partial charge < -0.3 is 4.74 Å². The van der Waals surface area contributed by atoms with E-state index in [1.807, 2.05) is 18.2 Å². The first-order valence-corrected chi connectivity index (χ1v) is 7.65. The second kappa shape index (κ2) is 5.90. The first kappa shape index (κ1) is 14.2. The molecule has 1 saturated carbocycles. The standard InChI is InChI=1S/C19H23NO/c1-20(2)19(12-7-13-19)17-10-6-11-18(14-17)21-15-16-8-4-3-5-9-16/h3-6,8-11,14H,7,12-13,15H2,1-2H3. The summed E-state index contributed by atoms with van der Waals surface area (Å²) in [5.41, 5.74) is 2.80. The molecule has 0 aromatic heterocycles. The van der Waals surface area contributed by atoms with Crippen LogP contribution in [0.5, 0.6) is 5.75 Å². The first-order valence-electron chi connectivity index (χ1n) is 7.65. The average Bonchev–Trinajstić information content (AvgIpc) is 2.45. The van der Waals surface area contributed by atoms with E-state index in [-0.39, 0.29) is 5.54 Å². The smallest absolute Gasteiger partial charge is 0.120 e. The van der Waals surface area contributed by atoms with Gasteiger partial charge in [0.05, 0.1) is 0 Å². The summed E-state index contributed by atoms with van der Waals surface area (Å²) >= 11 is 0. The second-order valence-electron chi connectivity index (χ2n) is 6.08. The van der Waals surface area contributed by atoms with Gasteiger partial charge in [-0.05, 0) is 56.6 Å². The SMILES string of the molecule is CN(C)C1(c2cccc(OCc3ccccc3)c2)CCC1. The summed E-state index contributed by atoms with van der Waals surface area (Å²) in [7, 11) is 4.35. The van der Waals surface area contributed by atoms with Crippen molar-refractivity contribution in [3.05, 3.63) is 65.7 Å². The molecule has 1 aliphatic rings. The molecule has 0 amide bonds. The van der Waals surface area contributed by atoms with E-state index in [0.717, 1.165) is 5.75 Å². The molecule has 2 aromatic carbocycles. The maximum atomic E-state index is 5.96. The first-order chi connectivity index (χ1) is 10.2. The quantitative estimate of drug-likeness (QED) is 0.814. The summed E-state index contributed by atoms with van der Waals surface area (Å²) in [6, 6.07) is 18.9. The lowest BCUT2D eigenvalue weighted by molar-refractivity contribution is 0.0574. The molecule has 1 fully saturated rings. The van der Waals surface area contributed by atoms with Crippen LogP contribution >= 0.6 is 0 Å². The Morgan fingerprint density at radius 1 is 1.00 bits per heavy atom. The Balaban J connectivity index is 1.74. The summed E-state index contributed by atoms with van der Waals surface area (Å²) in [5.74, 6) is 0.962. The van der Waals surface area contributed by atoms with E-state index in [4.69, 9.17) is 4.74 Å². The van der Waals surface area contributed by atoms with Gasteiger partial charge in [-0.15, -0.1) is 0 Å². The van der Waals surface area contributed by atoms with E-state index in [2.05, 4.69) is 55.4 Å². The van der Waals surface area contributed by atoms with Crippen molar-refractivity contribution in [3.63, 3.8) is 0 Å². The Kier molecular flexibility index (Phi) is 3.98. The van der Waals surface area contributed by atoms with Gasteiger partial charge >= 0.3 is 0 Å². The summed E-state index contributed by atoms with van der Waals surface area (Å²) in [6.07, 6.45) is 3.79. The lowest BCUT2D eigenvalue weighted by atomic mass is 9.71. The molecule has 21 heavy (non-hydrogen) atoms. The van der Waals surface area contributed by atoms with Crippen LogP contribution < -0.4 is 4.74 Å². The molecule has 2 aromatic rings. The number of nitrogens with zero attached hydrogens (tertiary/aromatic N) is 1. The lowest BCUT2D eigenvalue weighted by Crippen LogP contribution is -2.47. The molecule has 0 atom stereocenters. The average molecular weight is 281 g/mol. The van der Waals surface area contributed by atoms with Gasteiger partial charge in [0.2, 0.25) is 0 Å². The summed E-state index contributed by atoms with van der Waals surface area (Å²) in [5, 5.41) is 0. The van der Waals surface area contributed by atoms with Gasteiger partial charge in [-0.3, -0.25) is 4.90 Å². The van der Waals surface area contributed by atoms with Gasteiger partial charge in [-0.25, -0.2) is 0 Å². The van der Waals surface area contributed by atoms with Crippen LogP contribution in [-0.2, 0) is 12.1 Å². The lowest BCUT2D eigenvalue weighted by Gasteiger charge is -2.48. The monoisotopic (exact) mass is 281 g/mol. The van der Waals surface area contributed by atoms with Gasteiger partial charge in [0.15, 0.2) is 0 Å². The molecule has 0 heterocycles. The third kappa shape index (κ3) is 2.81. The topological polar surface area (TPSA) is 12.5 Å². The van der Waals surface area contributed by atoms with Crippen molar-refractivity contribution in [2.45, 2.75) is 31.4 Å². The Morgan fingerprint density at radius 3 is 2.38 bits per heavy atom. The van der Waals surface area contributed by atoms with Crippen LogP contribution in [0.15, 0.2) is 54.6 Å². The van der Waals surface area contributed by atoms with Gasteiger partial charge in [0, 0.05) is 5.54 Å². The predicted octanol–water partition coefficient (Wildman–Crippen LogP) is 4.21. The van der Waals surface area contributed by atoms with Crippen molar-refractivity contribution >= 4 is 0 Å². The van der Waals surface area contributed by atoms with E-state index in [9.17, 15) is 0 Å². The highest BCUT2D eigenvalue weighted by molar-refractivity contribution is 5.35. The Hall–Kier alpha value is -1.80. The third-order valence-corrected chi connectivity index (χ3v) is 4.66. The molecule has 3 rings (SSSR count). The number of rotatable bonds is 5. The number of benzene rings is 2. The zero-order valence-corrected chi connectivity index (χ0v) is 12.9. The van der Waals surface area contributed by atoms with Crippen LogP contribution in [-0.4, -0.2) is 19.0 Å². The van der Waals surface area contributed by atoms with Crippen LogP contribution in [0, 0.1) is 0 Å². The molecular weight excluding hydrogens is 258 g/mol. The highest BCUT2D eigenvalue weighted by atomic mass is 16.5. The van der Waals surface area contributed by atoms with E-state index in [1.165, 1.54) is 30.4 Å². The van der Waals surface area contributed by atoms with Crippen LogP contribution in [0.1, 0.15) is 30.4 Å². The Morgan fingerprint density at radius 2 is 1.76 bits per heavy atom. The molecule has 110 valence electrons. The van der Waals surface area contributed by atoms with Gasteiger partial charge in [0.25, 0.3) is 0 Å². The molecule has 0 spiro atoms. The third-order valence-electron chi connectivity index (χ3n) is 4.66. The Bertz CT molecular complexity index is 588.